The molecule has 116 valence electrons. The van der Waals surface area contributed by atoms with Crippen LogP contribution >= 0.6 is 0 Å². The molecule has 0 aliphatic rings. The predicted octanol–water partition coefficient (Wildman–Crippen LogP) is 4.70. The van der Waals surface area contributed by atoms with Crippen molar-refractivity contribution in [2.45, 2.75) is 40.2 Å². The summed E-state index contributed by atoms with van der Waals surface area (Å²) in [6.07, 6.45) is 0. The molecule has 3 nitrogen and oxygen atoms in total. The molecule has 0 saturated heterocycles. The van der Waals surface area contributed by atoms with Gasteiger partial charge in [0.15, 0.2) is 0 Å². The second-order valence-electron chi connectivity index (χ2n) is 6.45. The number of fused-ring (bicyclic) bond motifs is 1. The number of aromatic nitrogens is 2. The van der Waals surface area contributed by atoms with Crippen LogP contribution in [0.3, 0.4) is 0 Å². The maximum absolute atomic E-state index is 9.10. The van der Waals surface area contributed by atoms with Gasteiger partial charge in [-0.3, -0.25) is 0 Å². The Morgan fingerprint density at radius 3 is 2.57 bits per heavy atom. The lowest BCUT2D eigenvalue weighted by atomic mass is 10.1. The molecule has 1 heterocycles. The van der Waals surface area contributed by atoms with Crippen molar-refractivity contribution in [1.82, 2.24) is 9.55 Å². The van der Waals surface area contributed by atoms with E-state index in [1.54, 1.807) is 0 Å². The third-order valence-corrected chi connectivity index (χ3v) is 4.31. The summed E-state index contributed by atoms with van der Waals surface area (Å²) in [4.78, 5) is 4.85. The third kappa shape index (κ3) is 2.85. The van der Waals surface area contributed by atoms with Crippen LogP contribution in [0.15, 0.2) is 36.4 Å². The second kappa shape index (κ2) is 5.89. The monoisotopic (exact) mass is 303 g/mol. The number of hydrogen-bond donors (Lipinski definition) is 0. The topological polar surface area (TPSA) is 41.6 Å². The number of benzene rings is 2. The van der Waals surface area contributed by atoms with E-state index in [1.165, 1.54) is 16.6 Å². The van der Waals surface area contributed by atoms with Gasteiger partial charge in [-0.2, -0.15) is 5.26 Å². The van der Waals surface area contributed by atoms with Gasteiger partial charge in [0.1, 0.15) is 5.82 Å². The first-order chi connectivity index (χ1) is 11.0. The Kier molecular flexibility index (Phi) is 3.92. The van der Waals surface area contributed by atoms with Crippen LogP contribution < -0.4 is 0 Å². The maximum atomic E-state index is 9.10. The van der Waals surface area contributed by atoms with Gasteiger partial charge >= 0.3 is 0 Å². The molecular weight excluding hydrogens is 282 g/mol. The second-order valence-corrected chi connectivity index (χ2v) is 6.45. The van der Waals surface area contributed by atoms with E-state index in [-0.39, 0.29) is 0 Å². The van der Waals surface area contributed by atoms with Crippen molar-refractivity contribution in [2.75, 3.05) is 0 Å². The van der Waals surface area contributed by atoms with E-state index in [0.29, 0.717) is 11.5 Å². The summed E-state index contributed by atoms with van der Waals surface area (Å²) in [5, 5.41) is 9.10. The van der Waals surface area contributed by atoms with Crippen LogP contribution in [0.2, 0.25) is 0 Å². The highest BCUT2D eigenvalue weighted by Gasteiger charge is 2.15. The summed E-state index contributed by atoms with van der Waals surface area (Å²) in [6.45, 7) is 9.34. The molecule has 0 aliphatic carbocycles. The van der Waals surface area contributed by atoms with Gasteiger partial charge in [-0.15, -0.1) is 0 Å². The van der Waals surface area contributed by atoms with E-state index in [4.69, 9.17) is 10.2 Å². The summed E-state index contributed by atoms with van der Waals surface area (Å²) < 4.78 is 2.28. The maximum Gasteiger partial charge on any atom is 0.112 e. The molecule has 0 N–H and O–H groups in total. The first-order valence-corrected chi connectivity index (χ1v) is 7.96. The Balaban J connectivity index is 2.16. The molecule has 0 atom stereocenters. The molecule has 0 amide bonds. The Labute approximate surface area is 137 Å². The Hall–Kier alpha value is -2.60. The minimum absolute atomic E-state index is 0.349. The van der Waals surface area contributed by atoms with E-state index in [0.717, 1.165) is 23.4 Å². The van der Waals surface area contributed by atoms with Crippen molar-refractivity contribution in [3.63, 3.8) is 0 Å². The number of aryl methyl sites for hydroxylation is 2. The largest absolute Gasteiger partial charge is 0.323 e. The zero-order valence-corrected chi connectivity index (χ0v) is 14.1. The smallest absolute Gasteiger partial charge is 0.112 e. The van der Waals surface area contributed by atoms with Gasteiger partial charge in [0.05, 0.1) is 22.7 Å². The fourth-order valence-corrected chi connectivity index (χ4v) is 2.93. The molecule has 3 aromatic rings. The Morgan fingerprint density at radius 1 is 1.13 bits per heavy atom. The van der Waals surface area contributed by atoms with Crippen LogP contribution in [0.4, 0.5) is 0 Å². The molecule has 2 aromatic carbocycles. The van der Waals surface area contributed by atoms with E-state index in [2.05, 4.69) is 56.5 Å². The van der Waals surface area contributed by atoms with Crippen molar-refractivity contribution in [3.05, 3.63) is 64.5 Å². The van der Waals surface area contributed by atoms with Crippen LogP contribution in [-0.4, -0.2) is 9.55 Å². The average molecular weight is 303 g/mol. The number of imidazole rings is 1. The zero-order valence-electron chi connectivity index (χ0n) is 14.1. The highest BCUT2D eigenvalue weighted by molar-refractivity contribution is 5.78. The standard InChI is InChI=1S/C20H21N3/c1-13(2)20-22-18-8-14(3)15(4)9-19(18)23(20)12-17-7-5-6-16(10-17)11-21/h5-10,13H,12H2,1-4H3. The van der Waals surface area contributed by atoms with Crippen LogP contribution in [-0.2, 0) is 6.54 Å². The first kappa shape index (κ1) is 15.3. The van der Waals surface area contributed by atoms with E-state index in [1.807, 2.05) is 18.2 Å². The van der Waals surface area contributed by atoms with Crippen LogP contribution in [0, 0.1) is 25.2 Å². The molecule has 0 saturated carbocycles. The molecule has 1 aromatic heterocycles. The van der Waals surface area contributed by atoms with Crippen molar-refractivity contribution in [2.24, 2.45) is 0 Å². The van der Waals surface area contributed by atoms with Gasteiger partial charge in [0.25, 0.3) is 0 Å². The van der Waals surface area contributed by atoms with Gasteiger partial charge < -0.3 is 4.57 Å². The van der Waals surface area contributed by atoms with Crippen molar-refractivity contribution < 1.29 is 0 Å². The van der Waals surface area contributed by atoms with E-state index in [9.17, 15) is 0 Å². The molecule has 3 rings (SSSR count). The summed E-state index contributed by atoms with van der Waals surface area (Å²) in [5.41, 5.74) is 6.59. The molecule has 23 heavy (non-hydrogen) atoms. The Bertz CT molecular complexity index is 911. The summed E-state index contributed by atoms with van der Waals surface area (Å²) in [6, 6.07) is 14.4. The number of rotatable bonds is 3. The fraction of sp³-hybridized carbons (Fsp3) is 0.300. The number of nitriles is 1. The lowest BCUT2D eigenvalue weighted by Gasteiger charge is -2.12. The lowest BCUT2D eigenvalue weighted by Crippen LogP contribution is -2.07. The van der Waals surface area contributed by atoms with Crippen molar-refractivity contribution in [1.29, 1.82) is 5.26 Å². The van der Waals surface area contributed by atoms with Crippen molar-refractivity contribution in [3.8, 4) is 6.07 Å². The molecule has 0 bridgehead atoms. The molecule has 0 unspecified atom stereocenters. The van der Waals surface area contributed by atoms with Gasteiger partial charge in [-0.05, 0) is 54.8 Å². The number of nitrogens with zero attached hydrogens (tertiary/aromatic N) is 3. The van der Waals surface area contributed by atoms with Crippen molar-refractivity contribution >= 4 is 11.0 Å². The molecular formula is C20H21N3. The van der Waals surface area contributed by atoms with Gasteiger partial charge in [-0.25, -0.2) is 4.98 Å². The zero-order chi connectivity index (χ0) is 16.6. The van der Waals surface area contributed by atoms with Crippen LogP contribution in [0.5, 0.6) is 0 Å². The minimum atomic E-state index is 0.349. The fourth-order valence-electron chi connectivity index (χ4n) is 2.93. The number of hydrogen-bond acceptors (Lipinski definition) is 2. The van der Waals surface area contributed by atoms with Crippen LogP contribution in [0.1, 0.15) is 47.8 Å². The lowest BCUT2D eigenvalue weighted by molar-refractivity contribution is 0.683. The van der Waals surface area contributed by atoms with Crippen LogP contribution in [0.25, 0.3) is 11.0 Å². The first-order valence-electron chi connectivity index (χ1n) is 7.96. The normalized spacial score (nSPS) is 11.1. The third-order valence-electron chi connectivity index (χ3n) is 4.31. The highest BCUT2D eigenvalue weighted by atomic mass is 15.1. The highest BCUT2D eigenvalue weighted by Crippen LogP contribution is 2.25. The molecule has 0 radical (unpaired) electrons. The summed E-state index contributed by atoms with van der Waals surface area (Å²) in [7, 11) is 0. The van der Waals surface area contributed by atoms with Gasteiger partial charge in [-0.1, -0.05) is 26.0 Å². The molecule has 0 spiro atoms. The quantitative estimate of drug-likeness (QED) is 0.704. The summed E-state index contributed by atoms with van der Waals surface area (Å²) in [5.74, 6) is 1.44. The molecule has 0 aliphatic heterocycles. The van der Waals surface area contributed by atoms with E-state index < -0.39 is 0 Å². The minimum Gasteiger partial charge on any atom is -0.323 e. The van der Waals surface area contributed by atoms with E-state index >= 15 is 0 Å². The van der Waals surface area contributed by atoms with Gasteiger partial charge in [0.2, 0.25) is 0 Å². The summed E-state index contributed by atoms with van der Waals surface area (Å²) >= 11 is 0. The molecule has 0 fully saturated rings. The molecule has 3 heteroatoms. The average Bonchev–Trinajstić information content (AvgIpc) is 2.86. The SMILES string of the molecule is Cc1cc2nc(C(C)C)n(Cc3cccc(C#N)c3)c2cc1C. The predicted molar refractivity (Wildman–Crippen MR) is 93.6 cm³/mol. The Morgan fingerprint density at radius 2 is 1.87 bits per heavy atom. The van der Waals surface area contributed by atoms with Gasteiger partial charge in [0, 0.05) is 12.5 Å².